The van der Waals surface area contributed by atoms with Gasteiger partial charge in [0.05, 0.1) is 11.6 Å². The fraction of sp³-hybridized carbons (Fsp3) is 0.429. The minimum Gasteiger partial charge on any atom is -0.353 e. The second-order valence-electron chi connectivity index (χ2n) is 4.69. The van der Waals surface area contributed by atoms with E-state index in [9.17, 15) is 9.18 Å². The summed E-state index contributed by atoms with van der Waals surface area (Å²) in [5.74, 6) is -0.357. The van der Waals surface area contributed by atoms with Gasteiger partial charge in [0.25, 0.3) is 0 Å². The monoisotopic (exact) mass is 261 g/mol. The number of hydrogen-bond acceptors (Lipinski definition) is 3. The molecule has 19 heavy (non-hydrogen) atoms. The van der Waals surface area contributed by atoms with Crippen molar-refractivity contribution in [3.8, 4) is 6.07 Å². The molecule has 0 heterocycles. The summed E-state index contributed by atoms with van der Waals surface area (Å²) in [6, 6.07) is 6.66. The zero-order valence-electron chi connectivity index (χ0n) is 10.6. The molecule has 0 aromatic heterocycles. The van der Waals surface area contributed by atoms with Gasteiger partial charge in [-0.25, -0.2) is 4.39 Å². The first-order chi connectivity index (χ1) is 9.19. The van der Waals surface area contributed by atoms with Gasteiger partial charge in [-0.15, -0.1) is 0 Å². The van der Waals surface area contributed by atoms with Crippen LogP contribution in [0.3, 0.4) is 0 Å². The first-order valence-corrected chi connectivity index (χ1v) is 6.37. The number of rotatable bonds is 6. The quantitative estimate of drug-likeness (QED) is 0.762. The third kappa shape index (κ3) is 4.34. The Morgan fingerprint density at radius 3 is 2.89 bits per heavy atom. The van der Waals surface area contributed by atoms with Crippen LogP contribution in [0.1, 0.15) is 30.4 Å². The molecule has 0 saturated heterocycles. The van der Waals surface area contributed by atoms with E-state index >= 15 is 0 Å². The maximum absolute atomic E-state index is 13.5. The third-order valence-corrected chi connectivity index (χ3v) is 2.97. The van der Waals surface area contributed by atoms with E-state index in [4.69, 9.17) is 5.26 Å². The molecule has 0 unspecified atom stereocenters. The Morgan fingerprint density at radius 2 is 2.26 bits per heavy atom. The highest BCUT2D eigenvalue weighted by molar-refractivity contribution is 5.76. The Labute approximate surface area is 111 Å². The number of carbonyl (C=O) groups is 1. The first kappa shape index (κ1) is 13.5. The SMILES string of the molecule is N#Cc1ccc(CNCCC(=O)NC2CC2)c(F)c1. The van der Waals surface area contributed by atoms with Crippen LogP contribution in [0.5, 0.6) is 0 Å². The fourth-order valence-electron chi connectivity index (χ4n) is 1.71. The van der Waals surface area contributed by atoms with Gasteiger partial charge >= 0.3 is 0 Å². The van der Waals surface area contributed by atoms with E-state index in [1.54, 1.807) is 12.1 Å². The van der Waals surface area contributed by atoms with Crippen LogP contribution in [0, 0.1) is 17.1 Å². The lowest BCUT2D eigenvalue weighted by atomic mass is 10.1. The Bertz CT molecular complexity index is 506. The molecule has 0 bridgehead atoms. The second-order valence-corrected chi connectivity index (χ2v) is 4.69. The molecular weight excluding hydrogens is 245 g/mol. The van der Waals surface area contributed by atoms with Crippen LogP contribution >= 0.6 is 0 Å². The molecule has 1 aromatic rings. The van der Waals surface area contributed by atoms with Gasteiger partial charge in [0, 0.05) is 31.1 Å². The van der Waals surface area contributed by atoms with Crippen molar-refractivity contribution >= 4 is 5.91 Å². The molecule has 4 nitrogen and oxygen atoms in total. The van der Waals surface area contributed by atoms with E-state index in [1.165, 1.54) is 6.07 Å². The molecule has 1 aromatic carbocycles. The van der Waals surface area contributed by atoms with Crippen LogP contribution in [0.15, 0.2) is 18.2 Å². The molecule has 0 aliphatic heterocycles. The highest BCUT2D eigenvalue weighted by Crippen LogP contribution is 2.18. The average molecular weight is 261 g/mol. The number of amides is 1. The summed E-state index contributed by atoms with van der Waals surface area (Å²) < 4.78 is 13.5. The van der Waals surface area contributed by atoms with Crippen LogP contribution in [0.25, 0.3) is 0 Å². The van der Waals surface area contributed by atoms with Gasteiger partial charge < -0.3 is 10.6 Å². The van der Waals surface area contributed by atoms with Crippen molar-refractivity contribution in [3.63, 3.8) is 0 Å². The van der Waals surface area contributed by atoms with Gasteiger partial charge in [-0.1, -0.05) is 6.07 Å². The normalized spacial score (nSPS) is 13.9. The number of nitrogens with one attached hydrogen (secondary N) is 2. The zero-order valence-corrected chi connectivity index (χ0v) is 10.6. The van der Waals surface area contributed by atoms with Gasteiger partial charge in [0.1, 0.15) is 5.82 Å². The summed E-state index contributed by atoms with van der Waals surface area (Å²) in [6.07, 6.45) is 2.56. The predicted molar refractivity (Wildman–Crippen MR) is 68.6 cm³/mol. The summed E-state index contributed by atoms with van der Waals surface area (Å²) >= 11 is 0. The van der Waals surface area contributed by atoms with Crippen LogP contribution in [-0.2, 0) is 11.3 Å². The van der Waals surface area contributed by atoms with E-state index in [-0.39, 0.29) is 5.91 Å². The molecule has 1 aliphatic carbocycles. The Balaban J connectivity index is 1.70. The summed E-state index contributed by atoms with van der Waals surface area (Å²) in [4.78, 5) is 11.4. The van der Waals surface area contributed by atoms with Crippen molar-refractivity contribution in [2.45, 2.75) is 31.8 Å². The Morgan fingerprint density at radius 1 is 1.47 bits per heavy atom. The third-order valence-electron chi connectivity index (χ3n) is 2.97. The lowest BCUT2D eigenvalue weighted by molar-refractivity contribution is -0.121. The standard InChI is InChI=1S/C14H16FN3O/c15-13-7-10(8-16)1-2-11(13)9-17-6-5-14(19)18-12-3-4-12/h1-2,7,12,17H,3-6,9H2,(H,18,19). The number of carbonyl (C=O) groups excluding carboxylic acids is 1. The maximum atomic E-state index is 13.5. The highest BCUT2D eigenvalue weighted by atomic mass is 19.1. The Kier molecular flexibility index (Phi) is 4.48. The Hall–Kier alpha value is -1.93. The second kappa shape index (κ2) is 6.30. The molecule has 1 fully saturated rings. The van der Waals surface area contributed by atoms with Crippen LogP contribution in [0.4, 0.5) is 4.39 Å². The lowest BCUT2D eigenvalue weighted by Gasteiger charge is -2.06. The van der Waals surface area contributed by atoms with Gasteiger partial charge in [0.15, 0.2) is 0 Å². The highest BCUT2D eigenvalue weighted by Gasteiger charge is 2.22. The fourth-order valence-corrected chi connectivity index (χ4v) is 1.71. The van der Waals surface area contributed by atoms with Crippen molar-refractivity contribution in [3.05, 3.63) is 35.1 Å². The molecule has 5 heteroatoms. The van der Waals surface area contributed by atoms with Crippen LogP contribution in [-0.4, -0.2) is 18.5 Å². The molecule has 0 spiro atoms. The molecule has 1 aliphatic rings. The number of halogens is 1. The van der Waals surface area contributed by atoms with E-state index in [0.717, 1.165) is 12.8 Å². The smallest absolute Gasteiger partial charge is 0.221 e. The lowest BCUT2D eigenvalue weighted by Crippen LogP contribution is -2.29. The predicted octanol–water partition coefficient (Wildman–Crippen LogP) is 1.46. The van der Waals surface area contributed by atoms with Crippen molar-refractivity contribution in [2.24, 2.45) is 0 Å². The first-order valence-electron chi connectivity index (χ1n) is 6.37. The van der Waals surface area contributed by atoms with E-state index in [1.807, 2.05) is 6.07 Å². The molecule has 2 N–H and O–H groups in total. The van der Waals surface area contributed by atoms with E-state index < -0.39 is 5.82 Å². The molecule has 100 valence electrons. The van der Waals surface area contributed by atoms with E-state index in [0.29, 0.717) is 36.7 Å². The van der Waals surface area contributed by atoms with Gasteiger partial charge in [-0.2, -0.15) is 5.26 Å². The summed E-state index contributed by atoms with van der Waals surface area (Å²) in [7, 11) is 0. The van der Waals surface area contributed by atoms with Crippen LogP contribution in [0.2, 0.25) is 0 Å². The minimum absolute atomic E-state index is 0.0373. The molecule has 0 radical (unpaired) electrons. The van der Waals surface area contributed by atoms with Crippen molar-refractivity contribution in [1.82, 2.24) is 10.6 Å². The number of benzene rings is 1. The van der Waals surface area contributed by atoms with E-state index in [2.05, 4.69) is 10.6 Å². The number of nitriles is 1. The molecule has 0 atom stereocenters. The summed E-state index contributed by atoms with van der Waals surface area (Å²) in [5, 5.41) is 14.5. The number of nitrogens with zero attached hydrogens (tertiary/aromatic N) is 1. The zero-order chi connectivity index (χ0) is 13.7. The van der Waals surface area contributed by atoms with Crippen molar-refractivity contribution < 1.29 is 9.18 Å². The van der Waals surface area contributed by atoms with Gasteiger partial charge in [0.2, 0.25) is 5.91 Å². The largest absolute Gasteiger partial charge is 0.353 e. The van der Waals surface area contributed by atoms with Gasteiger partial charge in [-0.05, 0) is 25.0 Å². The van der Waals surface area contributed by atoms with Crippen molar-refractivity contribution in [2.75, 3.05) is 6.54 Å². The van der Waals surface area contributed by atoms with Gasteiger partial charge in [-0.3, -0.25) is 4.79 Å². The van der Waals surface area contributed by atoms with Crippen molar-refractivity contribution in [1.29, 1.82) is 5.26 Å². The average Bonchev–Trinajstić information content (AvgIpc) is 3.20. The van der Waals surface area contributed by atoms with Crippen LogP contribution < -0.4 is 10.6 Å². The maximum Gasteiger partial charge on any atom is 0.221 e. The summed E-state index contributed by atoms with van der Waals surface area (Å²) in [5.41, 5.74) is 0.812. The number of hydrogen-bond donors (Lipinski definition) is 2. The summed E-state index contributed by atoms with van der Waals surface area (Å²) in [6.45, 7) is 0.867. The molecule has 1 saturated carbocycles. The topological polar surface area (TPSA) is 64.9 Å². The minimum atomic E-state index is -0.394. The molecule has 1 amide bonds. The molecular formula is C14H16FN3O. The molecule has 2 rings (SSSR count).